The van der Waals surface area contributed by atoms with E-state index >= 15 is 0 Å². The number of carbonyl (C=O) groups is 1. The molecule has 1 aromatic carbocycles. The van der Waals surface area contributed by atoms with Gasteiger partial charge in [0.05, 0.1) is 13.0 Å². The zero-order chi connectivity index (χ0) is 12.5. The summed E-state index contributed by atoms with van der Waals surface area (Å²) in [6, 6.07) is 9.38. The molecule has 0 saturated carbocycles. The van der Waals surface area contributed by atoms with Crippen molar-refractivity contribution in [3.63, 3.8) is 0 Å². The van der Waals surface area contributed by atoms with Crippen molar-refractivity contribution in [2.75, 3.05) is 6.61 Å². The van der Waals surface area contributed by atoms with Gasteiger partial charge in [-0.05, 0) is 24.6 Å². The van der Waals surface area contributed by atoms with Crippen LogP contribution >= 0.6 is 0 Å². The minimum atomic E-state index is -0.443. The Hall–Kier alpha value is -1.90. The maximum Gasteiger partial charge on any atom is 0.309 e. The molecular weight excluding hydrogens is 219 g/mol. The molecule has 0 aromatic heterocycles. The molecule has 0 bridgehead atoms. The molecule has 3 heteroatoms. The molecule has 1 aromatic rings. The molecule has 0 saturated heterocycles. The largest absolute Gasteiger partial charge is 0.466 e. The summed E-state index contributed by atoms with van der Waals surface area (Å²) in [5.41, 5.74) is 0.909. The van der Waals surface area contributed by atoms with Gasteiger partial charge in [-0.25, -0.2) is 4.39 Å². The van der Waals surface area contributed by atoms with Gasteiger partial charge in [-0.1, -0.05) is 36.4 Å². The van der Waals surface area contributed by atoms with E-state index in [0.717, 1.165) is 5.56 Å². The van der Waals surface area contributed by atoms with Crippen molar-refractivity contribution in [2.24, 2.45) is 0 Å². The van der Waals surface area contributed by atoms with E-state index in [0.29, 0.717) is 6.61 Å². The van der Waals surface area contributed by atoms with E-state index in [1.54, 1.807) is 13.0 Å². The van der Waals surface area contributed by atoms with E-state index in [-0.39, 0.29) is 6.42 Å². The third-order valence-electron chi connectivity index (χ3n) is 2.00. The van der Waals surface area contributed by atoms with Crippen LogP contribution in [0.5, 0.6) is 0 Å². The predicted molar refractivity (Wildman–Crippen MR) is 65.9 cm³/mol. The lowest BCUT2D eigenvalue weighted by molar-refractivity contribution is -0.142. The molecule has 0 heterocycles. The smallest absolute Gasteiger partial charge is 0.309 e. The summed E-state index contributed by atoms with van der Waals surface area (Å²) in [5.74, 6) is -0.863. The number of hydrogen-bond donors (Lipinski definition) is 0. The molecule has 0 N–H and O–H groups in total. The van der Waals surface area contributed by atoms with Crippen LogP contribution in [0.3, 0.4) is 0 Å². The van der Waals surface area contributed by atoms with Crippen LogP contribution in [-0.4, -0.2) is 12.6 Å². The Morgan fingerprint density at radius 3 is 2.71 bits per heavy atom. The highest BCUT2D eigenvalue weighted by atomic mass is 19.1. The molecule has 0 atom stereocenters. The Labute approximate surface area is 100 Å². The van der Waals surface area contributed by atoms with Crippen molar-refractivity contribution < 1.29 is 13.9 Å². The third-order valence-corrected chi connectivity index (χ3v) is 2.00. The highest BCUT2D eigenvalue weighted by molar-refractivity contribution is 5.71. The highest BCUT2D eigenvalue weighted by Crippen LogP contribution is 2.07. The first-order valence-electron chi connectivity index (χ1n) is 5.46. The molecule has 0 aliphatic heterocycles. The Balaban J connectivity index is 2.48. The predicted octanol–water partition coefficient (Wildman–Crippen LogP) is 3.51. The maximum absolute atomic E-state index is 13.3. The SMILES string of the molecule is CCOC(=O)CC=C(F)C=Cc1ccccc1. The molecule has 0 amide bonds. The number of rotatable bonds is 5. The Morgan fingerprint density at radius 2 is 2.06 bits per heavy atom. The summed E-state index contributed by atoms with van der Waals surface area (Å²) in [7, 11) is 0. The minimum Gasteiger partial charge on any atom is -0.466 e. The Kier molecular flexibility index (Phi) is 5.72. The monoisotopic (exact) mass is 234 g/mol. The quantitative estimate of drug-likeness (QED) is 0.575. The maximum atomic E-state index is 13.3. The van der Waals surface area contributed by atoms with Gasteiger partial charge in [-0.15, -0.1) is 0 Å². The van der Waals surface area contributed by atoms with Gasteiger partial charge in [-0.3, -0.25) is 4.79 Å². The molecule has 0 fully saturated rings. The van der Waals surface area contributed by atoms with Crippen LogP contribution in [0.25, 0.3) is 6.08 Å². The van der Waals surface area contributed by atoms with Gasteiger partial charge in [0.25, 0.3) is 0 Å². The van der Waals surface area contributed by atoms with Gasteiger partial charge in [0.1, 0.15) is 5.83 Å². The summed E-state index contributed by atoms with van der Waals surface area (Å²) in [5, 5.41) is 0. The lowest BCUT2D eigenvalue weighted by Gasteiger charge is -1.96. The molecule has 0 radical (unpaired) electrons. The van der Waals surface area contributed by atoms with Crippen molar-refractivity contribution >= 4 is 12.0 Å². The summed E-state index contributed by atoms with van der Waals surface area (Å²) >= 11 is 0. The zero-order valence-electron chi connectivity index (χ0n) is 9.73. The van der Waals surface area contributed by atoms with Crippen molar-refractivity contribution in [1.29, 1.82) is 0 Å². The topological polar surface area (TPSA) is 26.3 Å². The highest BCUT2D eigenvalue weighted by Gasteiger charge is 1.98. The summed E-state index contributed by atoms with van der Waals surface area (Å²) < 4.78 is 17.9. The van der Waals surface area contributed by atoms with Crippen LogP contribution in [-0.2, 0) is 9.53 Å². The number of carbonyl (C=O) groups excluding carboxylic acids is 1. The first kappa shape index (κ1) is 13.2. The summed E-state index contributed by atoms with van der Waals surface area (Å²) in [6.45, 7) is 2.03. The van der Waals surface area contributed by atoms with E-state index < -0.39 is 11.8 Å². The van der Waals surface area contributed by atoms with E-state index in [4.69, 9.17) is 0 Å². The van der Waals surface area contributed by atoms with Crippen LogP contribution in [0.4, 0.5) is 4.39 Å². The van der Waals surface area contributed by atoms with E-state index in [1.807, 2.05) is 30.3 Å². The van der Waals surface area contributed by atoms with Crippen LogP contribution < -0.4 is 0 Å². The average Bonchev–Trinajstić information content (AvgIpc) is 2.35. The molecule has 0 aliphatic rings. The van der Waals surface area contributed by atoms with Gasteiger partial charge in [0.2, 0.25) is 0 Å². The molecule has 90 valence electrons. The van der Waals surface area contributed by atoms with Gasteiger partial charge < -0.3 is 4.74 Å². The zero-order valence-corrected chi connectivity index (χ0v) is 9.73. The lowest BCUT2D eigenvalue weighted by Crippen LogP contribution is -2.01. The van der Waals surface area contributed by atoms with Gasteiger partial charge in [-0.2, -0.15) is 0 Å². The van der Waals surface area contributed by atoms with Gasteiger partial charge in [0, 0.05) is 0 Å². The molecule has 0 aliphatic carbocycles. The second-order valence-electron chi connectivity index (χ2n) is 3.34. The molecular formula is C14H15FO2. The number of ether oxygens (including phenoxy) is 1. The molecule has 2 nitrogen and oxygen atoms in total. The van der Waals surface area contributed by atoms with Crippen molar-refractivity contribution in [2.45, 2.75) is 13.3 Å². The van der Waals surface area contributed by atoms with Crippen molar-refractivity contribution in [3.8, 4) is 0 Å². The standard InChI is InChI=1S/C14H15FO2/c1-2-17-14(16)11-10-13(15)9-8-12-6-4-3-5-7-12/h3-10H,2,11H2,1H3. The fraction of sp³-hybridized carbons (Fsp3) is 0.214. The number of esters is 1. The van der Waals surface area contributed by atoms with E-state index in [1.165, 1.54) is 12.2 Å². The second kappa shape index (κ2) is 7.39. The average molecular weight is 234 g/mol. The minimum absolute atomic E-state index is 0.0429. The second-order valence-corrected chi connectivity index (χ2v) is 3.34. The molecule has 0 unspecified atom stereocenters. The number of benzene rings is 1. The number of hydrogen-bond acceptors (Lipinski definition) is 2. The van der Waals surface area contributed by atoms with Crippen molar-refractivity contribution in [1.82, 2.24) is 0 Å². The fourth-order valence-electron chi connectivity index (χ4n) is 1.21. The van der Waals surface area contributed by atoms with E-state index in [2.05, 4.69) is 4.74 Å². The number of allylic oxidation sites excluding steroid dienone is 2. The molecule has 1 rings (SSSR count). The lowest BCUT2D eigenvalue weighted by atomic mass is 10.2. The molecule has 17 heavy (non-hydrogen) atoms. The van der Waals surface area contributed by atoms with Crippen LogP contribution in [0.1, 0.15) is 18.9 Å². The first-order valence-corrected chi connectivity index (χ1v) is 5.46. The van der Waals surface area contributed by atoms with Crippen LogP contribution in [0.15, 0.2) is 48.3 Å². The van der Waals surface area contributed by atoms with E-state index in [9.17, 15) is 9.18 Å². The third kappa shape index (κ3) is 5.66. The Bertz CT molecular complexity index is 407. The number of halogens is 1. The van der Waals surface area contributed by atoms with Gasteiger partial charge >= 0.3 is 5.97 Å². The molecule has 0 spiro atoms. The first-order chi connectivity index (χ1) is 8.22. The summed E-state index contributed by atoms with van der Waals surface area (Å²) in [6.07, 6.45) is 4.14. The van der Waals surface area contributed by atoms with Gasteiger partial charge in [0.15, 0.2) is 0 Å². The summed E-state index contributed by atoms with van der Waals surface area (Å²) in [4.78, 5) is 11.0. The normalized spacial score (nSPS) is 11.8. The fourth-order valence-corrected chi connectivity index (χ4v) is 1.21. The Morgan fingerprint density at radius 1 is 1.35 bits per heavy atom. The van der Waals surface area contributed by atoms with Crippen molar-refractivity contribution in [3.05, 3.63) is 53.9 Å². The van der Waals surface area contributed by atoms with Crippen LogP contribution in [0, 0.1) is 0 Å². The van der Waals surface area contributed by atoms with Crippen LogP contribution in [0.2, 0.25) is 0 Å².